The van der Waals surface area contributed by atoms with E-state index in [2.05, 4.69) is 21.2 Å². The summed E-state index contributed by atoms with van der Waals surface area (Å²) in [6.45, 7) is 0.610. The molecule has 3 nitrogen and oxygen atoms in total. The summed E-state index contributed by atoms with van der Waals surface area (Å²) >= 11 is 12.3. The lowest BCUT2D eigenvalue weighted by atomic mass is 10.2. The third-order valence-corrected chi connectivity index (χ3v) is 5.71. The van der Waals surface area contributed by atoms with E-state index in [0.29, 0.717) is 10.9 Å². The van der Waals surface area contributed by atoms with Crippen LogP contribution in [0, 0.1) is 0 Å². The highest BCUT2D eigenvalue weighted by Crippen LogP contribution is 2.35. The highest BCUT2D eigenvalue weighted by molar-refractivity contribution is 9.10. The monoisotopic (exact) mass is 364 g/mol. The normalized spacial score (nSPS) is 12.6. The van der Waals surface area contributed by atoms with Crippen LogP contribution < -0.4 is 11.1 Å². The number of rotatable bonds is 5. The van der Waals surface area contributed by atoms with Crippen molar-refractivity contribution >= 4 is 56.1 Å². The van der Waals surface area contributed by atoms with Crippen LogP contribution in [0.25, 0.3) is 0 Å². The first-order chi connectivity index (χ1) is 8.58. The van der Waals surface area contributed by atoms with Crippen LogP contribution in [0.5, 0.6) is 0 Å². The minimum Gasteiger partial charge on any atom is -0.368 e. The van der Waals surface area contributed by atoms with Crippen LogP contribution in [0.4, 0.5) is 0 Å². The molecule has 96 valence electrons. The molecule has 0 fully saturated rings. The molecule has 0 aliphatic rings. The molecule has 2 rings (SSSR count). The number of thiophene rings is 2. The summed E-state index contributed by atoms with van der Waals surface area (Å²) in [5, 5.41) is 5.14. The van der Waals surface area contributed by atoms with E-state index >= 15 is 0 Å². The van der Waals surface area contributed by atoms with Gasteiger partial charge in [0.25, 0.3) is 0 Å². The zero-order valence-corrected chi connectivity index (χ0v) is 13.1. The van der Waals surface area contributed by atoms with Gasteiger partial charge in [-0.2, -0.15) is 0 Å². The molecular formula is C11H10BrClN2OS2. The molecule has 0 bridgehead atoms. The molecule has 18 heavy (non-hydrogen) atoms. The maximum absolute atomic E-state index is 11.5. The van der Waals surface area contributed by atoms with E-state index < -0.39 is 11.9 Å². The van der Waals surface area contributed by atoms with E-state index in [9.17, 15) is 4.79 Å². The first kappa shape index (κ1) is 14.0. The van der Waals surface area contributed by atoms with E-state index in [0.717, 1.165) is 14.2 Å². The van der Waals surface area contributed by atoms with Crippen molar-refractivity contribution in [2.75, 3.05) is 0 Å². The maximum Gasteiger partial charge on any atom is 0.240 e. The Bertz CT molecular complexity index is 522. The molecular weight excluding hydrogens is 356 g/mol. The van der Waals surface area contributed by atoms with Gasteiger partial charge < -0.3 is 5.73 Å². The Kier molecular flexibility index (Phi) is 4.80. The lowest BCUT2D eigenvalue weighted by molar-refractivity contribution is -0.120. The number of nitrogens with two attached hydrogens (primary N) is 1. The van der Waals surface area contributed by atoms with Gasteiger partial charge in [0.15, 0.2) is 0 Å². The predicted octanol–water partition coefficient (Wildman–Crippen LogP) is 3.54. The van der Waals surface area contributed by atoms with Crippen molar-refractivity contribution in [3.05, 3.63) is 42.1 Å². The number of primary amides is 1. The van der Waals surface area contributed by atoms with Gasteiger partial charge in [-0.1, -0.05) is 17.7 Å². The zero-order chi connectivity index (χ0) is 13.1. The van der Waals surface area contributed by atoms with Crippen molar-refractivity contribution in [3.8, 4) is 0 Å². The minimum absolute atomic E-state index is 0.406. The fourth-order valence-electron chi connectivity index (χ4n) is 1.46. The molecule has 3 N–H and O–H groups in total. The summed E-state index contributed by atoms with van der Waals surface area (Å²) in [4.78, 5) is 13.5. The predicted molar refractivity (Wildman–Crippen MR) is 80.1 cm³/mol. The molecule has 7 heteroatoms. The topological polar surface area (TPSA) is 55.1 Å². The van der Waals surface area contributed by atoms with Gasteiger partial charge in [0, 0.05) is 20.8 Å². The lowest BCUT2D eigenvalue weighted by Crippen LogP contribution is -2.32. The number of nitrogens with one attached hydrogen (secondary N) is 1. The van der Waals surface area contributed by atoms with E-state index in [1.54, 1.807) is 11.3 Å². The van der Waals surface area contributed by atoms with Crippen molar-refractivity contribution in [2.45, 2.75) is 12.6 Å². The van der Waals surface area contributed by atoms with Crippen molar-refractivity contribution < 1.29 is 4.79 Å². The molecule has 0 aliphatic carbocycles. The van der Waals surface area contributed by atoms with Crippen molar-refractivity contribution in [1.29, 1.82) is 0 Å². The van der Waals surface area contributed by atoms with E-state index in [4.69, 9.17) is 17.3 Å². The lowest BCUT2D eigenvalue weighted by Gasteiger charge is -2.12. The molecule has 0 saturated heterocycles. The average Bonchev–Trinajstić information content (AvgIpc) is 2.90. The SMILES string of the molecule is NC(=O)C(NCc1cccs1)c1cc(Br)c(Cl)s1. The first-order valence-electron chi connectivity index (χ1n) is 5.07. The van der Waals surface area contributed by atoms with Gasteiger partial charge in [-0.05, 0) is 33.4 Å². The van der Waals surface area contributed by atoms with Crippen LogP contribution in [0.3, 0.4) is 0 Å². The smallest absolute Gasteiger partial charge is 0.240 e. The van der Waals surface area contributed by atoms with Crippen LogP contribution in [0.1, 0.15) is 15.8 Å². The molecule has 0 saturated carbocycles. The number of hydrogen-bond acceptors (Lipinski definition) is 4. The summed E-state index contributed by atoms with van der Waals surface area (Å²) in [6, 6.07) is 5.29. The number of hydrogen-bond donors (Lipinski definition) is 2. The second-order valence-corrected chi connectivity index (χ2v) is 7.14. The van der Waals surface area contributed by atoms with Crippen molar-refractivity contribution in [3.63, 3.8) is 0 Å². The summed E-state index contributed by atoms with van der Waals surface area (Å²) in [5.74, 6) is -0.406. The number of carbonyl (C=O) groups excluding carboxylic acids is 1. The Morgan fingerprint density at radius 2 is 2.39 bits per heavy atom. The number of amides is 1. The van der Waals surface area contributed by atoms with E-state index in [1.807, 2.05) is 23.6 Å². The van der Waals surface area contributed by atoms with Gasteiger partial charge >= 0.3 is 0 Å². The largest absolute Gasteiger partial charge is 0.368 e. The van der Waals surface area contributed by atoms with Crippen LogP contribution >= 0.6 is 50.2 Å². The molecule has 1 atom stereocenters. The summed E-state index contributed by atoms with van der Waals surface area (Å²) in [6.07, 6.45) is 0. The Morgan fingerprint density at radius 3 is 2.89 bits per heavy atom. The van der Waals surface area contributed by atoms with Gasteiger partial charge in [0.2, 0.25) is 5.91 Å². The second-order valence-electron chi connectivity index (χ2n) is 3.57. The third kappa shape index (κ3) is 3.33. The Balaban J connectivity index is 2.11. The highest BCUT2D eigenvalue weighted by atomic mass is 79.9. The number of halogens is 2. The molecule has 2 aromatic heterocycles. The van der Waals surface area contributed by atoms with Crippen LogP contribution in [0.15, 0.2) is 28.1 Å². The molecule has 0 aromatic carbocycles. The molecule has 2 heterocycles. The van der Waals surface area contributed by atoms with Gasteiger partial charge in [0.05, 0.1) is 0 Å². The zero-order valence-electron chi connectivity index (χ0n) is 9.15. The molecule has 0 spiro atoms. The summed E-state index contributed by atoms with van der Waals surface area (Å²) in [7, 11) is 0. The first-order valence-corrected chi connectivity index (χ1v) is 7.94. The molecule has 1 amide bonds. The Morgan fingerprint density at radius 1 is 1.61 bits per heavy atom. The Labute approximate surface area is 126 Å². The maximum atomic E-state index is 11.5. The summed E-state index contributed by atoms with van der Waals surface area (Å²) in [5.41, 5.74) is 5.42. The fraction of sp³-hybridized carbons (Fsp3) is 0.182. The van der Waals surface area contributed by atoms with Crippen LogP contribution in [0.2, 0.25) is 4.34 Å². The van der Waals surface area contributed by atoms with E-state index in [1.165, 1.54) is 11.3 Å². The van der Waals surface area contributed by atoms with Gasteiger partial charge in [-0.25, -0.2) is 0 Å². The van der Waals surface area contributed by atoms with Crippen LogP contribution in [-0.4, -0.2) is 5.91 Å². The van der Waals surface area contributed by atoms with Gasteiger partial charge in [-0.15, -0.1) is 22.7 Å². The minimum atomic E-state index is -0.513. The third-order valence-electron chi connectivity index (χ3n) is 2.29. The average molecular weight is 366 g/mol. The highest BCUT2D eigenvalue weighted by Gasteiger charge is 2.20. The standard InChI is InChI=1S/C11H10BrClN2OS2/c12-7-4-8(18-10(7)13)9(11(14)16)15-5-6-2-1-3-17-6/h1-4,9,15H,5H2,(H2,14,16). The van der Waals surface area contributed by atoms with Crippen molar-refractivity contribution in [1.82, 2.24) is 5.32 Å². The molecule has 0 radical (unpaired) electrons. The molecule has 0 aliphatic heterocycles. The van der Waals surface area contributed by atoms with Gasteiger partial charge in [0.1, 0.15) is 10.4 Å². The van der Waals surface area contributed by atoms with Crippen LogP contribution in [-0.2, 0) is 11.3 Å². The fourth-order valence-corrected chi connectivity index (χ4v) is 3.94. The Hall–Kier alpha value is -0.400. The van der Waals surface area contributed by atoms with E-state index in [-0.39, 0.29) is 0 Å². The quantitative estimate of drug-likeness (QED) is 0.851. The van der Waals surface area contributed by atoms with Crippen molar-refractivity contribution in [2.24, 2.45) is 5.73 Å². The molecule has 2 aromatic rings. The number of carbonyl (C=O) groups is 1. The summed E-state index contributed by atoms with van der Waals surface area (Å²) < 4.78 is 1.41. The second kappa shape index (κ2) is 6.16. The molecule has 1 unspecified atom stereocenters. The van der Waals surface area contributed by atoms with Gasteiger partial charge in [-0.3, -0.25) is 10.1 Å².